The minimum Gasteiger partial charge on any atom is -0.506 e. The van der Waals surface area contributed by atoms with Gasteiger partial charge in [0.15, 0.2) is 0 Å². The number of aromatic hydroxyl groups is 1. The van der Waals surface area contributed by atoms with Crippen LogP contribution in [0.4, 0.5) is 11.5 Å². The minimum absolute atomic E-state index is 0.113. The molecular formula is C30H32Cl2N8O4. The molecule has 0 unspecified atom stereocenters. The summed E-state index contributed by atoms with van der Waals surface area (Å²) in [6.45, 7) is 4.73. The van der Waals surface area contributed by atoms with Gasteiger partial charge in [0.1, 0.15) is 23.8 Å². The molecule has 4 N–H and O–H groups in total. The van der Waals surface area contributed by atoms with Crippen LogP contribution in [0.3, 0.4) is 0 Å². The van der Waals surface area contributed by atoms with Crippen LogP contribution in [0.1, 0.15) is 36.5 Å². The van der Waals surface area contributed by atoms with Crippen molar-refractivity contribution in [3.8, 4) is 16.9 Å². The van der Waals surface area contributed by atoms with E-state index in [9.17, 15) is 19.5 Å². The summed E-state index contributed by atoms with van der Waals surface area (Å²) < 4.78 is 2.84. The van der Waals surface area contributed by atoms with Gasteiger partial charge in [-0.25, -0.2) is 9.97 Å². The monoisotopic (exact) mass is 638 g/mol. The molecule has 0 radical (unpaired) electrons. The van der Waals surface area contributed by atoms with Crippen molar-refractivity contribution in [3.05, 3.63) is 62.9 Å². The zero-order chi connectivity index (χ0) is 31.3. The van der Waals surface area contributed by atoms with Gasteiger partial charge >= 0.3 is 0 Å². The molecule has 1 aliphatic heterocycles. The first-order chi connectivity index (χ1) is 21.0. The van der Waals surface area contributed by atoms with Crippen LogP contribution in [-0.2, 0) is 18.4 Å². The molecule has 2 aliphatic rings. The molecule has 1 aromatic carbocycles. The van der Waals surface area contributed by atoms with Gasteiger partial charge in [-0.05, 0) is 37.5 Å². The van der Waals surface area contributed by atoms with Crippen molar-refractivity contribution >= 4 is 57.6 Å². The van der Waals surface area contributed by atoms with E-state index in [0.717, 1.165) is 25.5 Å². The number of pyridine rings is 1. The smallest absolute Gasteiger partial charge is 0.263 e. The summed E-state index contributed by atoms with van der Waals surface area (Å²) in [5.41, 5.74) is 6.25. The van der Waals surface area contributed by atoms with Crippen molar-refractivity contribution in [2.45, 2.75) is 44.8 Å². The van der Waals surface area contributed by atoms with Crippen LogP contribution >= 0.6 is 23.2 Å². The fourth-order valence-corrected chi connectivity index (χ4v) is 6.35. The number of rotatable bonds is 7. The van der Waals surface area contributed by atoms with Crippen molar-refractivity contribution in [3.63, 3.8) is 0 Å². The predicted octanol–water partition coefficient (Wildman–Crippen LogP) is 3.61. The van der Waals surface area contributed by atoms with Crippen LogP contribution in [0.5, 0.6) is 5.75 Å². The molecule has 14 heteroatoms. The highest BCUT2D eigenvalue weighted by Crippen LogP contribution is 2.36. The summed E-state index contributed by atoms with van der Waals surface area (Å²) in [4.78, 5) is 52.3. The van der Waals surface area contributed by atoms with E-state index in [4.69, 9.17) is 28.9 Å². The van der Waals surface area contributed by atoms with Gasteiger partial charge in [0.2, 0.25) is 5.91 Å². The molecule has 1 aliphatic carbocycles. The minimum atomic E-state index is -0.886. The Labute approximate surface area is 263 Å². The Morgan fingerprint density at radius 2 is 1.91 bits per heavy atom. The molecule has 4 heterocycles. The van der Waals surface area contributed by atoms with E-state index in [-0.39, 0.29) is 39.8 Å². The second kappa shape index (κ2) is 11.8. The van der Waals surface area contributed by atoms with E-state index < -0.39 is 17.6 Å². The third-order valence-corrected chi connectivity index (χ3v) is 9.14. The van der Waals surface area contributed by atoms with Crippen molar-refractivity contribution in [1.29, 1.82) is 0 Å². The molecule has 1 atom stereocenters. The van der Waals surface area contributed by atoms with Gasteiger partial charge in [0, 0.05) is 56.6 Å². The fraction of sp³-hybridized carbons (Fsp3) is 0.367. The van der Waals surface area contributed by atoms with Crippen molar-refractivity contribution in [1.82, 2.24) is 24.0 Å². The number of carbonyl (C=O) groups excluding carboxylic acids is 2. The Morgan fingerprint density at radius 1 is 1.14 bits per heavy atom. The van der Waals surface area contributed by atoms with Crippen LogP contribution in [0.2, 0.25) is 10.0 Å². The predicted molar refractivity (Wildman–Crippen MR) is 169 cm³/mol. The zero-order valence-electron chi connectivity index (χ0n) is 24.3. The van der Waals surface area contributed by atoms with Gasteiger partial charge in [-0.15, -0.1) is 0 Å². The first-order valence-electron chi connectivity index (χ1n) is 14.3. The summed E-state index contributed by atoms with van der Waals surface area (Å²) in [7, 11) is 1.55. The molecule has 230 valence electrons. The normalized spacial score (nSPS) is 17.5. The number of fused-ring (bicyclic) bond motifs is 1. The number of aryl methyl sites for hydroxylation is 1. The molecule has 4 aromatic rings. The molecule has 2 fully saturated rings. The molecule has 44 heavy (non-hydrogen) atoms. The lowest BCUT2D eigenvalue weighted by molar-refractivity contribution is -0.116. The lowest BCUT2D eigenvalue weighted by Gasteiger charge is -2.46. The quantitative estimate of drug-likeness (QED) is 0.278. The first kappa shape index (κ1) is 29.9. The largest absolute Gasteiger partial charge is 0.506 e. The van der Waals surface area contributed by atoms with E-state index in [2.05, 4.69) is 32.0 Å². The maximum absolute atomic E-state index is 13.4. The Hall–Kier alpha value is -4.13. The topological polar surface area (TPSA) is 152 Å². The highest BCUT2D eigenvalue weighted by Gasteiger charge is 2.32. The molecule has 6 rings (SSSR count). The van der Waals surface area contributed by atoms with E-state index in [0.29, 0.717) is 27.9 Å². The van der Waals surface area contributed by atoms with Gasteiger partial charge in [-0.2, -0.15) is 0 Å². The van der Waals surface area contributed by atoms with Crippen LogP contribution < -0.4 is 21.5 Å². The first-order valence-corrected chi connectivity index (χ1v) is 15.1. The highest BCUT2D eigenvalue weighted by molar-refractivity contribution is 6.34. The second-order valence-corrected chi connectivity index (χ2v) is 12.3. The van der Waals surface area contributed by atoms with Crippen LogP contribution in [0.15, 0.2) is 41.7 Å². The van der Waals surface area contributed by atoms with Crippen LogP contribution in [-0.4, -0.2) is 72.6 Å². The van der Waals surface area contributed by atoms with Crippen molar-refractivity contribution < 1.29 is 14.7 Å². The van der Waals surface area contributed by atoms with Crippen molar-refractivity contribution in [2.24, 2.45) is 12.8 Å². The average molecular weight is 640 g/mol. The Kier molecular flexibility index (Phi) is 7.99. The number of primary amides is 1. The lowest BCUT2D eigenvalue weighted by Crippen LogP contribution is -2.56. The molecular weight excluding hydrogens is 607 g/mol. The standard InChI is InChI=1S/C30H32Cl2N8O4/c1-16-12-38(18-4-3-5-18)6-7-40(16)24-10-23(22(32)11-34-24)36-25(41)14-39-13-20(26-29(39)35-15-37(2)30(26)44)17-8-19(28(33)43)27(42)21(31)9-17/h8-11,13,15-16,18,42H,3-7,12,14H2,1-2H3,(H2,33,43)(H,34,36,41)/t16-/m0/s1. The number of amides is 2. The number of phenols is 1. The van der Waals surface area contributed by atoms with E-state index in [1.165, 1.54) is 53.1 Å². The summed E-state index contributed by atoms with van der Waals surface area (Å²) in [5, 5.41) is 13.5. The third kappa shape index (κ3) is 5.49. The van der Waals surface area contributed by atoms with Gasteiger partial charge in [0.05, 0.1) is 39.2 Å². The van der Waals surface area contributed by atoms with E-state index >= 15 is 0 Å². The number of carbonyl (C=O) groups is 2. The summed E-state index contributed by atoms with van der Waals surface area (Å²) in [5.74, 6) is -1.01. The molecule has 0 bridgehead atoms. The molecule has 2 amide bonds. The van der Waals surface area contributed by atoms with Crippen LogP contribution in [0.25, 0.3) is 22.2 Å². The summed E-state index contributed by atoms with van der Waals surface area (Å²) in [6.07, 6.45) is 8.31. The number of benzene rings is 1. The van der Waals surface area contributed by atoms with Crippen LogP contribution in [0, 0.1) is 0 Å². The van der Waals surface area contributed by atoms with Gasteiger partial charge in [-0.3, -0.25) is 19.3 Å². The fourth-order valence-electron chi connectivity index (χ4n) is 5.98. The second-order valence-electron chi connectivity index (χ2n) is 11.4. The number of anilines is 2. The number of piperazine rings is 1. The maximum Gasteiger partial charge on any atom is 0.263 e. The zero-order valence-corrected chi connectivity index (χ0v) is 25.8. The average Bonchev–Trinajstić information content (AvgIpc) is 3.31. The number of hydrogen-bond donors (Lipinski definition) is 3. The van der Waals surface area contributed by atoms with E-state index in [1.807, 2.05) is 0 Å². The highest BCUT2D eigenvalue weighted by atomic mass is 35.5. The number of hydrogen-bond acceptors (Lipinski definition) is 8. The third-order valence-electron chi connectivity index (χ3n) is 8.55. The molecule has 1 saturated heterocycles. The number of nitrogens with two attached hydrogens (primary N) is 1. The van der Waals surface area contributed by atoms with Crippen molar-refractivity contribution in [2.75, 3.05) is 29.9 Å². The SMILES string of the molecule is C[C@H]1CN(C2CCC2)CCN1c1cc(NC(=O)Cn2cc(-c3cc(Cl)c(O)c(C(N)=O)c3)c3c(=O)n(C)cnc32)c(Cl)cn1. The molecule has 1 saturated carbocycles. The lowest BCUT2D eigenvalue weighted by atomic mass is 9.90. The van der Waals surface area contributed by atoms with Gasteiger partial charge in [0.25, 0.3) is 11.5 Å². The number of nitrogens with zero attached hydrogens (tertiary/aromatic N) is 6. The Morgan fingerprint density at radius 3 is 2.59 bits per heavy atom. The maximum atomic E-state index is 13.4. The number of nitrogens with one attached hydrogen (secondary N) is 1. The Balaban J connectivity index is 1.27. The number of aromatic nitrogens is 4. The summed E-state index contributed by atoms with van der Waals surface area (Å²) in [6, 6.07) is 5.49. The van der Waals surface area contributed by atoms with E-state index in [1.54, 1.807) is 19.3 Å². The molecule has 3 aromatic heterocycles. The summed E-state index contributed by atoms with van der Waals surface area (Å²) >= 11 is 12.6. The van der Waals surface area contributed by atoms with Gasteiger partial charge in [-0.1, -0.05) is 29.6 Å². The van der Waals surface area contributed by atoms with Gasteiger partial charge < -0.3 is 30.2 Å². The Bertz CT molecular complexity index is 1850. The molecule has 0 spiro atoms. The molecule has 12 nitrogen and oxygen atoms in total. The number of halogens is 2.